The lowest BCUT2D eigenvalue weighted by atomic mass is 10.1. The summed E-state index contributed by atoms with van der Waals surface area (Å²) in [6.07, 6.45) is 0. The molecule has 0 aliphatic carbocycles. The van der Waals surface area contributed by atoms with Gasteiger partial charge in [-0.3, -0.25) is 0 Å². The van der Waals surface area contributed by atoms with Gasteiger partial charge < -0.3 is 15.2 Å². The summed E-state index contributed by atoms with van der Waals surface area (Å²) in [6, 6.07) is 5.92. The number of nitrogen functional groups attached to an aromatic ring is 1. The van der Waals surface area contributed by atoms with E-state index >= 15 is 0 Å². The van der Waals surface area contributed by atoms with Crippen molar-refractivity contribution in [2.45, 2.75) is 6.92 Å². The molecule has 0 spiro atoms. The Morgan fingerprint density at radius 1 is 1.17 bits per heavy atom. The van der Waals surface area contributed by atoms with Crippen molar-refractivity contribution in [1.82, 2.24) is 0 Å². The molecule has 1 aliphatic heterocycles. The molecule has 0 bridgehead atoms. The van der Waals surface area contributed by atoms with E-state index in [1.54, 1.807) is 11.3 Å². The normalized spacial score (nSPS) is 13.7. The largest absolute Gasteiger partial charge is 0.486 e. The summed E-state index contributed by atoms with van der Waals surface area (Å²) in [5.41, 5.74) is 9.02. The SMILES string of the molecule is Cc1cc(-c2cc3c(cc2N)OCCO3)sc1Br. The minimum absolute atomic E-state index is 0.579. The van der Waals surface area contributed by atoms with Crippen molar-refractivity contribution in [1.29, 1.82) is 0 Å². The zero-order valence-corrected chi connectivity index (χ0v) is 12.2. The van der Waals surface area contributed by atoms with E-state index in [0.29, 0.717) is 18.9 Å². The lowest BCUT2D eigenvalue weighted by molar-refractivity contribution is 0.172. The van der Waals surface area contributed by atoms with Gasteiger partial charge >= 0.3 is 0 Å². The number of ether oxygens (including phenoxy) is 2. The average molecular weight is 326 g/mol. The molecule has 1 aliphatic rings. The first-order valence-electron chi connectivity index (χ1n) is 5.60. The first kappa shape index (κ1) is 11.9. The molecule has 0 radical (unpaired) electrons. The number of fused-ring (bicyclic) bond motifs is 1. The van der Waals surface area contributed by atoms with Gasteiger partial charge in [-0.2, -0.15) is 0 Å². The number of aryl methyl sites for hydroxylation is 1. The topological polar surface area (TPSA) is 44.5 Å². The van der Waals surface area contributed by atoms with Gasteiger partial charge in [-0.15, -0.1) is 11.3 Å². The van der Waals surface area contributed by atoms with Crippen LogP contribution in [0.3, 0.4) is 0 Å². The van der Waals surface area contributed by atoms with Crippen LogP contribution in [0.5, 0.6) is 11.5 Å². The fourth-order valence-electron chi connectivity index (χ4n) is 1.91. The summed E-state index contributed by atoms with van der Waals surface area (Å²) in [4.78, 5) is 1.13. The molecule has 3 rings (SSSR count). The van der Waals surface area contributed by atoms with Crippen molar-refractivity contribution >= 4 is 33.0 Å². The van der Waals surface area contributed by atoms with E-state index in [4.69, 9.17) is 15.2 Å². The van der Waals surface area contributed by atoms with E-state index in [9.17, 15) is 0 Å². The number of anilines is 1. The minimum atomic E-state index is 0.579. The molecule has 2 heterocycles. The molecule has 2 N–H and O–H groups in total. The van der Waals surface area contributed by atoms with E-state index in [0.717, 1.165) is 25.7 Å². The molecule has 0 unspecified atom stereocenters. The second-order valence-corrected chi connectivity index (χ2v) is 6.52. The van der Waals surface area contributed by atoms with Crippen molar-refractivity contribution in [2.75, 3.05) is 18.9 Å². The molecule has 3 nitrogen and oxygen atoms in total. The number of hydrogen-bond acceptors (Lipinski definition) is 4. The molecule has 0 saturated carbocycles. The highest BCUT2D eigenvalue weighted by Crippen LogP contribution is 2.42. The zero-order chi connectivity index (χ0) is 12.7. The van der Waals surface area contributed by atoms with Crippen molar-refractivity contribution in [3.05, 3.63) is 27.5 Å². The Hall–Kier alpha value is -1.20. The van der Waals surface area contributed by atoms with Crippen LogP contribution < -0.4 is 15.2 Å². The van der Waals surface area contributed by atoms with E-state index in [2.05, 4.69) is 28.9 Å². The van der Waals surface area contributed by atoms with Crippen LogP contribution >= 0.6 is 27.3 Å². The van der Waals surface area contributed by atoms with Crippen LogP contribution in [-0.4, -0.2) is 13.2 Å². The van der Waals surface area contributed by atoms with E-state index in [1.165, 1.54) is 5.56 Å². The number of hydrogen-bond donors (Lipinski definition) is 1. The highest BCUT2D eigenvalue weighted by atomic mass is 79.9. The summed E-state index contributed by atoms with van der Waals surface area (Å²) in [6.45, 7) is 3.23. The highest BCUT2D eigenvalue weighted by Gasteiger charge is 2.17. The number of thiophene rings is 1. The standard InChI is InChI=1S/C13H12BrNO2S/c1-7-4-12(18-13(7)14)8-5-10-11(6-9(8)15)17-3-2-16-10/h4-6H,2-3,15H2,1H3. The monoisotopic (exact) mass is 325 g/mol. The number of nitrogens with two attached hydrogens (primary N) is 1. The summed E-state index contributed by atoms with van der Waals surface area (Å²) in [5.74, 6) is 1.50. The fourth-order valence-corrected chi connectivity index (χ4v) is 3.48. The van der Waals surface area contributed by atoms with Crippen LogP contribution in [0.4, 0.5) is 5.69 Å². The minimum Gasteiger partial charge on any atom is -0.486 e. The summed E-state index contributed by atoms with van der Waals surface area (Å²) in [5, 5.41) is 0. The molecular weight excluding hydrogens is 314 g/mol. The van der Waals surface area contributed by atoms with Crippen LogP contribution in [-0.2, 0) is 0 Å². The second kappa shape index (κ2) is 4.48. The molecule has 0 saturated heterocycles. The molecule has 1 aromatic heterocycles. The molecule has 18 heavy (non-hydrogen) atoms. The molecule has 94 valence electrons. The Balaban J connectivity index is 2.11. The third-order valence-corrected chi connectivity index (χ3v) is 5.01. The molecule has 2 aromatic rings. The van der Waals surface area contributed by atoms with Gasteiger partial charge in [0.1, 0.15) is 13.2 Å². The van der Waals surface area contributed by atoms with Crippen molar-refractivity contribution < 1.29 is 9.47 Å². The van der Waals surface area contributed by atoms with Crippen LogP contribution in [0.2, 0.25) is 0 Å². The van der Waals surface area contributed by atoms with Crippen molar-refractivity contribution in [3.63, 3.8) is 0 Å². The number of benzene rings is 1. The number of halogens is 1. The van der Waals surface area contributed by atoms with Crippen molar-refractivity contribution in [2.24, 2.45) is 0 Å². The predicted molar refractivity (Wildman–Crippen MR) is 77.6 cm³/mol. The van der Waals surface area contributed by atoms with Gasteiger partial charge in [0.25, 0.3) is 0 Å². The molecule has 0 fully saturated rings. The van der Waals surface area contributed by atoms with Gasteiger partial charge in [-0.1, -0.05) is 0 Å². The Kier molecular flexibility index (Phi) is 2.95. The fraction of sp³-hybridized carbons (Fsp3) is 0.231. The molecular formula is C13H12BrNO2S. The maximum Gasteiger partial charge on any atom is 0.163 e. The summed E-state index contributed by atoms with van der Waals surface area (Å²) in [7, 11) is 0. The van der Waals surface area contributed by atoms with Gasteiger partial charge in [0.05, 0.1) is 3.79 Å². The van der Waals surface area contributed by atoms with Crippen molar-refractivity contribution in [3.8, 4) is 21.9 Å². The van der Waals surface area contributed by atoms with Crippen LogP contribution in [0.25, 0.3) is 10.4 Å². The van der Waals surface area contributed by atoms with Crippen LogP contribution in [0.1, 0.15) is 5.56 Å². The molecule has 1 aromatic carbocycles. The van der Waals surface area contributed by atoms with Crippen LogP contribution in [0.15, 0.2) is 22.0 Å². The maximum atomic E-state index is 6.09. The molecule has 0 amide bonds. The third kappa shape index (κ3) is 1.97. The van der Waals surface area contributed by atoms with Gasteiger partial charge in [-0.25, -0.2) is 0 Å². The highest BCUT2D eigenvalue weighted by molar-refractivity contribution is 9.11. The van der Waals surface area contributed by atoms with Gasteiger partial charge in [-0.05, 0) is 40.5 Å². The molecule has 0 atom stereocenters. The van der Waals surface area contributed by atoms with Gasteiger partial charge in [0, 0.05) is 22.2 Å². The van der Waals surface area contributed by atoms with Crippen LogP contribution in [0, 0.1) is 6.92 Å². The Bertz CT molecular complexity index is 590. The van der Waals surface area contributed by atoms with E-state index in [1.807, 2.05) is 12.1 Å². The second-order valence-electron chi connectivity index (χ2n) is 4.15. The third-order valence-electron chi connectivity index (χ3n) is 2.84. The first-order chi connectivity index (χ1) is 8.65. The molecule has 5 heteroatoms. The number of rotatable bonds is 1. The smallest absolute Gasteiger partial charge is 0.163 e. The van der Waals surface area contributed by atoms with Gasteiger partial charge in [0.15, 0.2) is 11.5 Å². The predicted octanol–water partition coefficient (Wildman–Crippen LogP) is 3.84. The Morgan fingerprint density at radius 2 is 1.83 bits per heavy atom. The maximum absolute atomic E-state index is 6.09. The summed E-state index contributed by atoms with van der Waals surface area (Å²) >= 11 is 5.21. The lowest BCUT2D eigenvalue weighted by Crippen LogP contribution is -2.15. The van der Waals surface area contributed by atoms with E-state index < -0.39 is 0 Å². The lowest BCUT2D eigenvalue weighted by Gasteiger charge is -2.19. The quantitative estimate of drug-likeness (QED) is 0.810. The Morgan fingerprint density at radius 3 is 2.44 bits per heavy atom. The average Bonchev–Trinajstić information content (AvgIpc) is 2.68. The zero-order valence-electron chi connectivity index (χ0n) is 9.83. The summed E-state index contributed by atoms with van der Waals surface area (Å²) < 4.78 is 12.2. The van der Waals surface area contributed by atoms with E-state index in [-0.39, 0.29) is 0 Å². The van der Waals surface area contributed by atoms with Gasteiger partial charge in [0.2, 0.25) is 0 Å². The first-order valence-corrected chi connectivity index (χ1v) is 7.21. The Labute approximate surface area is 118 Å².